The van der Waals surface area contributed by atoms with Crippen LogP contribution in [0.4, 0.5) is 0 Å². The highest BCUT2D eigenvalue weighted by molar-refractivity contribution is 5.92. The molecule has 0 bridgehead atoms. The Kier molecular flexibility index (Phi) is 3.62. The lowest BCUT2D eigenvalue weighted by Gasteiger charge is -2.33. The van der Waals surface area contributed by atoms with Crippen molar-refractivity contribution in [3.63, 3.8) is 0 Å². The summed E-state index contributed by atoms with van der Waals surface area (Å²) in [4.78, 5) is 20.4. The summed E-state index contributed by atoms with van der Waals surface area (Å²) in [6.45, 7) is 5.19. The van der Waals surface area contributed by atoms with Gasteiger partial charge in [0.25, 0.3) is 5.91 Å². The Bertz CT molecular complexity index is 490. The van der Waals surface area contributed by atoms with Gasteiger partial charge in [0.05, 0.1) is 25.4 Å². The van der Waals surface area contributed by atoms with Gasteiger partial charge >= 0.3 is 6.08 Å². The molecule has 1 aromatic rings. The van der Waals surface area contributed by atoms with Crippen molar-refractivity contribution in [2.24, 2.45) is 0 Å². The largest absolute Gasteiger partial charge is 0.450 e. The fourth-order valence-corrected chi connectivity index (χ4v) is 2.73. The minimum Gasteiger partial charge on any atom is -0.450 e. The Morgan fingerprint density at radius 1 is 1.55 bits per heavy atom. The summed E-state index contributed by atoms with van der Waals surface area (Å²) in [6.07, 6.45) is 1.58. The minimum absolute atomic E-state index is 0.0935. The molecule has 0 unspecified atom stereocenters. The van der Waals surface area contributed by atoms with E-state index in [0.29, 0.717) is 19.7 Å². The van der Waals surface area contributed by atoms with Crippen molar-refractivity contribution in [1.82, 2.24) is 14.8 Å². The van der Waals surface area contributed by atoms with Gasteiger partial charge in [-0.25, -0.2) is 0 Å². The monoisotopic (exact) mass is 281 g/mol. The van der Waals surface area contributed by atoms with E-state index in [1.54, 1.807) is 4.90 Å². The lowest BCUT2D eigenvalue weighted by molar-refractivity contribution is -0.0368. The highest BCUT2D eigenvalue weighted by atomic mass is 16.6. The van der Waals surface area contributed by atoms with Crippen molar-refractivity contribution in [3.8, 4) is 6.08 Å². The molecule has 2 atom stereocenters. The number of likely N-dealkylation sites (N-methyl/N-ethyl adjacent to an activating group) is 1. The van der Waals surface area contributed by atoms with E-state index in [-0.39, 0.29) is 29.8 Å². The van der Waals surface area contributed by atoms with Crippen molar-refractivity contribution in [2.45, 2.75) is 19.1 Å². The normalized spacial score (nSPS) is 26.6. The smallest absolute Gasteiger partial charge is 0.394 e. The first-order chi connectivity index (χ1) is 9.69. The molecule has 3 heterocycles. The van der Waals surface area contributed by atoms with Crippen LogP contribution in [0.3, 0.4) is 0 Å². The van der Waals surface area contributed by atoms with E-state index in [1.165, 1.54) is 6.26 Å². The lowest BCUT2D eigenvalue weighted by atomic mass is 10.1. The second-order valence-electron chi connectivity index (χ2n) is 5.10. The van der Waals surface area contributed by atoms with Gasteiger partial charge in [-0.2, -0.15) is 4.98 Å². The molecular weight excluding hydrogens is 262 g/mol. The Hall–Kier alpha value is -1.60. The molecule has 2 fully saturated rings. The van der Waals surface area contributed by atoms with Gasteiger partial charge in [0.15, 0.2) is 5.69 Å². The number of rotatable bonds is 3. The number of fused-ring (bicyclic) bond motifs is 1. The maximum absolute atomic E-state index is 12.4. The average molecular weight is 281 g/mol. The molecular formula is C13H19N3O4. The van der Waals surface area contributed by atoms with Crippen molar-refractivity contribution in [1.29, 1.82) is 0 Å². The molecule has 0 aliphatic carbocycles. The van der Waals surface area contributed by atoms with Gasteiger partial charge in [-0.15, -0.1) is 0 Å². The third-order valence-electron chi connectivity index (χ3n) is 3.84. The van der Waals surface area contributed by atoms with Gasteiger partial charge in [-0.1, -0.05) is 0 Å². The molecule has 0 N–H and O–H groups in total. The number of hydrogen-bond donors (Lipinski definition) is 0. The van der Waals surface area contributed by atoms with Crippen molar-refractivity contribution < 1.29 is 18.7 Å². The van der Waals surface area contributed by atoms with Gasteiger partial charge in [0.2, 0.25) is 0 Å². The van der Waals surface area contributed by atoms with Gasteiger partial charge in [0.1, 0.15) is 6.26 Å². The Labute approximate surface area is 117 Å². The third-order valence-corrected chi connectivity index (χ3v) is 3.84. The van der Waals surface area contributed by atoms with Crippen LogP contribution < -0.4 is 4.74 Å². The first-order valence-electron chi connectivity index (χ1n) is 6.88. The first kappa shape index (κ1) is 13.4. The molecule has 7 nitrogen and oxygen atoms in total. The SMILES string of the molecule is CCOc1nc(C(=O)N2C[C@@H]3OCCN(C)[C@@H]3C2)co1. The summed E-state index contributed by atoms with van der Waals surface area (Å²) in [5.74, 6) is -0.133. The average Bonchev–Trinajstić information content (AvgIpc) is 3.05. The summed E-state index contributed by atoms with van der Waals surface area (Å²) in [5, 5.41) is 0. The fraction of sp³-hybridized carbons (Fsp3) is 0.692. The molecule has 1 aromatic heterocycles. The number of aromatic nitrogens is 1. The number of ether oxygens (including phenoxy) is 2. The zero-order valence-corrected chi connectivity index (χ0v) is 11.7. The Balaban J connectivity index is 1.68. The quantitative estimate of drug-likeness (QED) is 0.790. The molecule has 3 rings (SSSR count). The van der Waals surface area contributed by atoms with Crippen molar-refractivity contribution >= 4 is 5.91 Å². The predicted molar refractivity (Wildman–Crippen MR) is 69.7 cm³/mol. The molecule has 0 spiro atoms. The van der Waals surface area contributed by atoms with Crippen molar-refractivity contribution in [2.75, 3.05) is 39.9 Å². The number of hydrogen-bond acceptors (Lipinski definition) is 6. The van der Waals surface area contributed by atoms with Crippen LogP contribution in [0.5, 0.6) is 6.08 Å². The maximum atomic E-state index is 12.4. The number of nitrogens with zero attached hydrogens (tertiary/aromatic N) is 3. The highest BCUT2D eigenvalue weighted by Gasteiger charge is 2.41. The lowest BCUT2D eigenvalue weighted by Crippen LogP contribution is -2.48. The minimum atomic E-state index is -0.133. The van der Waals surface area contributed by atoms with Crippen LogP contribution in [0.2, 0.25) is 0 Å². The molecule has 0 aromatic carbocycles. The Morgan fingerprint density at radius 2 is 2.40 bits per heavy atom. The molecule has 0 saturated carbocycles. The van der Waals surface area contributed by atoms with Gasteiger partial charge in [-0.05, 0) is 14.0 Å². The van der Waals surface area contributed by atoms with Gasteiger partial charge in [0, 0.05) is 19.6 Å². The van der Waals surface area contributed by atoms with Crippen molar-refractivity contribution in [3.05, 3.63) is 12.0 Å². The predicted octanol–water partition coefficient (Wildman–Crippen LogP) is 0.228. The summed E-state index contributed by atoms with van der Waals surface area (Å²) in [6, 6.07) is 0.269. The van der Waals surface area contributed by atoms with Crippen LogP contribution in [-0.4, -0.2) is 72.7 Å². The second kappa shape index (κ2) is 5.41. The standard InChI is InChI=1S/C13H19N3O4/c1-3-18-13-14-9(8-20-13)12(17)16-6-10-11(7-16)19-5-4-15(10)2/h8,10-11H,3-7H2,1-2H3/t10-,11+/m1/s1. The number of oxazole rings is 1. The Morgan fingerprint density at radius 3 is 3.15 bits per heavy atom. The van der Waals surface area contributed by atoms with E-state index >= 15 is 0 Å². The van der Waals surface area contributed by atoms with E-state index < -0.39 is 0 Å². The maximum Gasteiger partial charge on any atom is 0.394 e. The number of carbonyl (C=O) groups is 1. The van der Waals surface area contributed by atoms with E-state index in [9.17, 15) is 4.79 Å². The molecule has 110 valence electrons. The molecule has 2 saturated heterocycles. The molecule has 0 radical (unpaired) electrons. The van der Waals surface area contributed by atoms with E-state index in [4.69, 9.17) is 13.9 Å². The van der Waals surface area contributed by atoms with E-state index in [2.05, 4.69) is 16.9 Å². The molecule has 1 amide bonds. The van der Waals surface area contributed by atoms with Gasteiger partial charge in [-0.3, -0.25) is 9.69 Å². The summed E-state index contributed by atoms with van der Waals surface area (Å²) in [7, 11) is 2.07. The van der Waals surface area contributed by atoms with Crippen LogP contribution in [0, 0.1) is 0 Å². The summed E-state index contributed by atoms with van der Waals surface area (Å²) >= 11 is 0. The van der Waals surface area contributed by atoms with E-state index in [1.807, 2.05) is 6.92 Å². The second-order valence-corrected chi connectivity index (χ2v) is 5.10. The van der Waals surface area contributed by atoms with Crippen LogP contribution in [0.15, 0.2) is 10.7 Å². The molecule has 7 heteroatoms. The zero-order chi connectivity index (χ0) is 14.1. The molecule has 2 aliphatic heterocycles. The zero-order valence-electron chi connectivity index (χ0n) is 11.7. The summed E-state index contributed by atoms with van der Waals surface area (Å²) in [5.41, 5.74) is 0.287. The van der Waals surface area contributed by atoms with Gasteiger partial charge < -0.3 is 18.8 Å². The first-order valence-corrected chi connectivity index (χ1v) is 6.88. The van der Waals surface area contributed by atoms with Crippen LogP contribution in [-0.2, 0) is 4.74 Å². The topological polar surface area (TPSA) is 68.0 Å². The highest BCUT2D eigenvalue weighted by Crippen LogP contribution is 2.23. The van der Waals surface area contributed by atoms with Crippen LogP contribution in [0.25, 0.3) is 0 Å². The number of carbonyl (C=O) groups excluding carboxylic acids is 1. The molecule has 2 aliphatic rings. The number of morpholine rings is 1. The number of likely N-dealkylation sites (tertiary alicyclic amines) is 1. The number of amides is 1. The summed E-state index contributed by atoms with van der Waals surface area (Å²) < 4.78 is 16.0. The van der Waals surface area contributed by atoms with Crippen LogP contribution in [0.1, 0.15) is 17.4 Å². The molecule has 20 heavy (non-hydrogen) atoms. The van der Waals surface area contributed by atoms with Crippen LogP contribution >= 0.6 is 0 Å². The fourth-order valence-electron chi connectivity index (χ4n) is 2.73. The van der Waals surface area contributed by atoms with E-state index in [0.717, 1.165) is 13.2 Å². The third kappa shape index (κ3) is 2.38.